The van der Waals surface area contributed by atoms with Crippen molar-refractivity contribution in [3.05, 3.63) is 35.6 Å². The molecule has 0 aliphatic rings. The van der Waals surface area contributed by atoms with Gasteiger partial charge < -0.3 is 5.21 Å². The van der Waals surface area contributed by atoms with Gasteiger partial charge in [0.05, 0.1) is 6.04 Å². The first kappa shape index (κ1) is 11.1. The SMILES string of the molecule is CCCCC(NO)c1ccc(F)cc1. The molecule has 78 valence electrons. The molecular formula is C11H16FNO. The van der Waals surface area contributed by atoms with Crippen LogP contribution in [0, 0.1) is 5.82 Å². The van der Waals surface area contributed by atoms with Gasteiger partial charge in [-0.3, -0.25) is 0 Å². The van der Waals surface area contributed by atoms with E-state index in [1.54, 1.807) is 12.1 Å². The van der Waals surface area contributed by atoms with Crippen LogP contribution in [-0.4, -0.2) is 5.21 Å². The number of unbranched alkanes of at least 4 members (excludes halogenated alkanes) is 1. The third-order valence-corrected chi connectivity index (χ3v) is 2.27. The van der Waals surface area contributed by atoms with E-state index in [4.69, 9.17) is 5.21 Å². The molecule has 0 amide bonds. The number of hydrogen-bond acceptors (Lipinski definition) is 2. The van der Waals surface area contributed by atoms with Gasteiger partial charge >= 0.3 is 0 Å². The monoisotopic (exact) mass is 197 g/mol. The second-order valence-electron chi connectivity index (χ2n) is 3.38. The van der Waals surface area contributed by atoms with Crippen LogP contribution < -0.4 is 5.48 Å². The first-order valence-electron chi connectivity index (χ1n) is 4.93. The van der Waals surface area contributed by atoms with Crippen LogP contribution in [0.5, 0.6) is 0 Å². The van der Waals surface area contributed by atoms with Crippen LogP contribution in [0.3, 0.4) is 0 Å². The molecule has 1 rings (SSSR count). The van der Waals surface area contributed by atoms with Crippen LogP contribution in [0.4, 0.5) is 4.39 Å². The number of nitrogens with one attached hydrogen (secondary N) is 1. The Kier molecular flexibility index (Phi) is 4.56. The van der Waals surface area contributed by atoms with E-state index < -0.39 is 0 Å². The molecule has 0 aromatic heterocycles. The summed E-state index contributed by atoms with van der Waals surface area (Å²) < 4.78 is 12.6. The Labute approximate surface area is 83.7 Å². The van der Waals surface area contributed by atoms with Gasteiger partial charge in [0.1, 0.15) is 5.82 Å². The average molecular weight is 197 g/mol. The zero-order valence-electron chi connectivity index (χ0n) is 8.33. The molecular weight excluding hydrogens is 181 g/mol. The van der Waals surface area contributed by atoms with Crippen molar-refractivity contribution in [2.24, 2.45) is 0 Å². The van der Waals surface area contributed by atoms with Gasteiger partial charge in [0.2, 0.25) is 0 Å². The third-order valence-electron chi connectivity index (χ3n) is 2.27. The van der Waals surface area contributed by atoms with E-state index in [0.29, 0.717) is 0 Å². The summed E-state index contributed by atoms with van der Waals surface area (Å²) in [6, 6.07) is 6.12. The Balaban J connectivity index is 2.64. The average Bonchev–Trinajstić information content (AvgIpc) is 2.21. The van der Waals surface area contributed by atoms with E-state index in [1.165, 1.54) is 12.1 Å². The molecule has 0 saturated carbocycles. The molecule has 0 fully saturated rings. The Morgan fingerprint density at radius 2 is 2.00 bits per heavy atom. The van der Waals surface area contributed by atoms with Gasteiger partial charge in [-0.25, -0.2) is 4.39 Å². The highest BCUT2D eigenvalue weighted by molar-refractivity contribution is 5.19. The van der Waals surface area contributed by atoms with Crippen LogP contribution in [0.25, 0.3) is 0 Å². The molecule has 14 heavy (non-hydrogen) atoms. The van der Waals surface area contributed by atoms with E-state index in [9.17, 15) is 4.39 Å². The van der Waals surface area contributed by atoms with Crippen LogP contribution in [0.1, 0.15) is 37.8 Å². The standard InChI is InChI=1S/C11H16FNO/c1-2-3-4-11(13-14)9-5-7-10(12)8-6-9/h5-8,11,13-14H,2-4H2,1H3. The summed E-state index contributed by atoms with van der Waals surface area (Å²) in [4.78, 5) is 0. The third kappa shape index (κ3) is 3.09. The lowest BCUT2D eigenvalue weighted by atomic mass is 10.0. The van der Waals surface area contributed by atoms with Crippen molar-refractivity contribution in [1.29, 1.82) is 0 Å². The van der Waals surface area contributed by atoms with E-state index in [2.05, 4.69) is 12.4 Å². The van der Waals surface area contributed by atoms with Crippen molar-refractivity contribution in [3.8, 4) is 0 Å². The Hall–Kier alpha value is -0.930. The van der Waals surface area contributed by atoms with E-state index >= 15 is 0 Å². The molecule has 1 atom stereocenters. The molecule has 1 aromatic carbocycles. The number of benzene rings is 1. The summed E-state index contributed by atoms with van der Waals surface area (Å²) in [5.74, 6) is -0.249. The lowest BCUT2D eigenvalue weighted by Crippen LogP contribution is -2.16. The highest BCUT2D eigenvalue weighted by Crippen LogP contribution is 2.18. The van der Waals surface area contributed by atoms with Gasteiger partial charge in [0.25, 0.3) is 0 Å². The van der Waals surface area contributed by atoms with Gasteiger partial charge in [-0.1, -0.05) is 31.9 Å². The minimum absolute atomic E-state index is 0.0875. The highest BCUT2D eigenvalue weighted by atomic mass is 19.1. The van der Waals surface area contributed by atoms with E-state index in [0.717, 1.165) is 24.8 Å². The molecule has 0 bridgehead atoms. The summed E-state index contributed by atoms with van der Waals surface area (Å²) >= 11 is 0. The summed E-state index contributed by atoms with van der Waals surface area (Å²) in [6.45, 7) is 2.10. The van der Waals surface area contributed by atoms with Crippen LogP contribution in [0.15, 0.2) is 24.3 Å². The van der Waals surface area contributed by atoms with Gasteiger partial charge in [0, 0.05) is 0 Å². The van der Waals surface area contributed by atoms with E-state index in [-0.39, 0.29) is 11.9 Å². The fourth-order valence-corrected chi connectivity index (χ4v) is 1.41. The molecule has 0 radical (unpaired) electrons. The van der Waals surface area contributed by atoms with Gasteiger partial charge in [-0.15, -0.1) is 0 Å². The largest absolute Gasteiger partial charge is 0.316 e. The molecule has 0 saturated heterocycles. The quantitative estimate of drug-likeness (QED) is 0.711. The van der Waals surface area contributed by atoms with Crippen LogP contribution in [-0.2, 0) is 0 Å². The zero-order chi connectivity index (χ0) is 10.4. The first-order chi connectivity index (χ1) is 6.77. The zero-order valence-corrected chi connectivity index (χ0v) is 8.33. The predicted octanol–water partition coefficient (Wildman–Crippen LogP) is 3.04. The second kappa shape index (κ2) is 5.73. The normalized spacial score (nSPS) is 12.8. The second-order valence-corrected chi connectivity index (χ2v) is 3.38. The fourth-order valence-electron chi connectivity index (χ4n) is 1.41. The van der Waals surface area contributed by atoms with Gasteiger partial charge in [-0.2, -0.15) is 5.48 Å². The van der Waals surface area contributed by atoms with Crippen molar-refractivity contribution in [1.82, 2.24) is 5.48 Å². The topological polar surface area (TPSA) is 32.3 Å². The fraction of sp³-hybridized carbons (Fsp3) is 0.455. The molecule has 3 heteroatoms. The smallest absolute Gasteiger partial charge is 0.123 e. The lowest BCUT2D eigenvalue weighted by Gasteiger charge is -2.14. The summed E-state index contributed by atoms with van der Waals surface area (Å²) in [6.07, 6.45) is 2.98. The predicted molar refractivity (Wildman–Crippen MR) is 53.6 cm³/mol. The van der Waals surface area contributed by atoms with Crippen molar-refractivity contribution < 1.29 is 9.60 Å². The minimum Gasteiger partial charge on any atom is -0.316 e. The molecule has 0 aliphatic carbocycles. The Morgan fingerprint density at radius 3 is 2.50 bits per heavy atom. The van der Waals surface area contributed by atoms with Crippen LogP contribution in [0.2, 0.25) is 0 Å². The Bertz CT molecular complexity index is 260. The summed E-state index contributed by atoms with van der Waals surface area (Å²) in [5.41, 5.74) is 3.17. The maximum atomic E-state index is 12.6. The van der Waals surface area contributed by atoms with Crippen molar-refractivity contribution in [2.45, 2.75) is 32.2 Å². The van der Waals surface area contributed by atoms with Crippen LogP contribution >= 0.6 is 0 Å². The van der Waals surface area contributed by atoms with Crippen molar-refractivity contribution in [2.75, 3.05) is 0 Å². The van der Waals surface area contributed by atoms with Gasteiger partial charge in [0.15, 0.2) is 0 Å². The Morgan fingerprint density at radius 1 is 1.36 bits per heavy atom. The lowest BCUT2D eigenvalue weighted by molar-refractivity contribution is 0.120. The first-order valence-corrected chi connectivity index (χ1v) is 4.93. The highest BCUT2D eigenvalue weighted by Gasteiger charge is 2.08. The molecule has 0 aliphatic heterocycles. The van der Waals surface area contributed by atoms with E-state index in [1.807, 2.05) is 0 Å². The molecule has 1 aromatic rings. The van der Waals surface area contributed by atoms with Crippen molar-refractivity contribution >= 4 is 0 Å². The molecule has 2 N–H and O–H groups in total. The van der Waals surface area contributed by atoms with Gasteiger partial charge in [-0.05, 0) is 24.1 Å². The maximum Gasteiger partial charge on any atom is 0.123 e. The summed E-state index contributed by atoms with van der Waals surface area (Å²) in [7, 11) is 0. The number of halogens is 1. The number of hydrogen-bond donors (Lipinski definition) is 2. The number of hydroxylamine groups is 1. The summed E-state index contributed by atoms with van der Waals surface area (Å²) in [5, 5.41) is 8.93. The van der Waals surface area contributed by atoms with Crippen molar-refractivity contribution in [3.63, 3.8) is 0 Å². The molecule has 0 spiro atoms. The minimum atomic E-state index is -0.249. The number of rotatable bonds is 5. The maximum absolute atomic E-state index is 12.6. The molecule has 1 unspecified atom stereocenters. The molecule has 2 nitrogen and oxygen atoms in total. The molecule has 0 heterocycles.